The maximum absolute atomic E-state index is 11.0. The van der Waals surface area contributed by atoms with Crippen molar-refractivity contribution in [1.29, 1.82) is 0 Å². The molecule has 4 nitrogen and oxygen atoms in total. The van der Waals surface area contributed by atoms with Crippen molar-refractivity contribution in [2.45, 2.75) is 13.8 Å². The average molecular weight is 187 g/mol. The third-order valence-corrected chi connectivity index (χ3v) is 2.38. The molecule has 0 aromatic carbocycles. The zero-order valence-corrected chi connectivity index (χ0v) is 7.68. The van der Waals surface area contributed by atoms with E-state index in [-0.39, 0.29) is 5.70 Å². The van der Waals surface area contributed by atoms with Crippen molar-refractivity contribution in [3.63, 3.8) is 0 Å². The van der Waals surface area contributed by atoms with Crippen molar-refractivity contribution >= 4 is 21.8 Å². The number of carbonyl (C=O) groups is 1. The number of hydrogen-bond donors (Lipinski definition) is 0. The fourth-order valence-corrected chi connectivity index (χ4v) is 1.44. The lowest BCUT2D eigenvalue weighted by Crippen LogP contribution is -2.04. The second-order valence-electron chi connectivity index (χ2n) is 2.15. The Morgan fingerprint density at radius 2 is 2.42 bits per heavy atom. The topological polar surface area (TPSA) is 55.7 Å². The SMILES string of the molecule is CCOC(=O)C1=CS(=O)C(C)=N1. The molecule has 0 aliphatic carbocycles. The number of aliphatic imine (C=N–C) groups is 1. The van der Waals surface area contributed by atoms with Gasteiger partial charge < -0.3 is 4.74 Å². The summed E-state index contributed by atoms with van der Waals surface area (Å²) in [5.41, 5.74) is 0.146. The molecule has 12 heavy (non-hydrogen) atoms. The normalized spacial score (nSPS) is 21.7. The van der Waals surface area contributed by atoms with Crippen LogP contribution in [0.25, 0.3) is 0 Å². The molecule has 0 saturated carbocycles. The van der Waals surface area contributed by atoms with E-state index in [2.05, 4.69) is 9.73 Å². The van der Waals surface area contributed by atoms with Gasteiger partial charge in [0.15, 0.2) is 5.70 Å². The summed E-state index contributed by atoms with van der Waals surface area (Å²) in [5, 5.41) is 1.74. The lowest BCUT2D eigenvalue weighted by Gasteiger charge is -1.96. The van der Waals surface area contributed by atoms with E-state index in [9.17, 15) is 9.00 Å². The number of hydrogen-bond acceptors (Lipinski definition) is 4. The van der Waals surface area contributed by atoms with E-state index in [1.54, 1.807) is 13.8 Å². The zero-order chi connectivity index (χ0) is 9.14. The van der Waals surface area contributed by atoms with Crippen LogP contribution >= 0.6 is 0 Å². The van der Waals surface area contributed by atoms with E-state index in [0.717, 1.165) is 0 Å². The summed E-state index contributed by atoms with van der Waals surface area (Å²) in [6.07, 6.45) is 0. The average Bonchev–Trinajstić information content (AvgIpc) is 2.33. The van der Waals surface area contributed by atoms with Gasteiger partial charge in [-0.3, -0.25) is 0 Å². The van der Waals surface area contributed by atoms with Crippen LogP contribution < -0.4 is 0 Å². The van der Waals surface area contributed by atoms with Crippen LogP contribution in [0, 0.1) is 0 Å². The molecule has 0 spiro atoms. The third-order valence-electron chi connectivity index (χ3n) is 1.27. The van der Waals surface area contributed by atoms with Crippen LogP contribution in [0.1, 0.15) is 13.8 Å². The lowest BCUT2D eigenvalue weighted by atomic mass is 10.5. The van der Waals surface area contributed by atoms with Crippen LogP contribution in [-0.4, -0.2) is 21.8 Å². The van der Waals surface area contributed by atoms with Gasteiger partial charge in [0, 0.05) is 5.41 Å². The smallest absolute Gasteiger partial charge is 0.357 e. The summed E-state index contributed by atoms with van der Waals surface area (Å²) in [7, 11) is -1.23. The fourth-order valence-electron chi connectivity index (χ4n) is 0.726. The third kappa shape index (κ3) is 1.79. The number of nitrogens with zero attached hydrogens (tertiary/aromatic N) is 1. The molecule has 0 fully saturated rings. The highest BCUT2D eigenvalue weighted by Crippen LogP contribution is 2.11. The summed E-state index contributed by atoms with van der Waals surface area (Å²) >= 11 is 0. The van der Waals surface area contributed by atoms with E-state index in [4.69, 9.17) is 0 Å². The molecule has 0 radical (unpaired) electrons. The minimum Gasteiger partial charge on any atom is -0.461 e. The first kappa shape index (κ1) is 9.12. The molecule has 1 unspecified atom stereocenters. The standard InChI is InChI=1S/C7H9NO3S/c1-3-11-7(9)6-4-12(10)5(2)8-6/h4H,3H2,1-2H3. The van der Waals surface area contributed by atoms with E-state index >= 15 is 0 Å². The summed E-state index contributed by atoms with van der Waals surface area (Å²) in [4.78, 5) is 14.8. The first-order valence-electron chi connectivity index (χ1n) is 3.50. The minimum absolute atomic E-state index is 0.146. The molecule has 0 saturated heterocycles. The summed E-state index contributed by atoms with van der Waals surface area (Å²) < 4.78 is 15.7. The highest BCUT2D eigenvalue weighted by atomic mass is 32.2. The van der Waals surface area contributed by atoms with Crippen LogP contribution in [0.3, 0.4) is 0 Å². The van der Waals surface area contributed by atoms with E-state index < -0.39 is 16.8 Å². The molecule has 0 aromatic heterocycles. The zero-order valence-electron chi connectivity index (χ0n) is 6.86. The highest BCUT2D eigenvalue weighted by molar-refractivity contribution is 8.03. The molecule has 66 valence electrons. The van der Waals surface area contributed by atoms with Gasteiger partial charge in [0.05, 0.1) is 17.4 Å². The summed E-state index contributed by atoms with van der Waals surface area (Å²) in [5.74, 6) is -0.511. The predicted molar refractivity (Wildman–Crippen MR) is 46.0 cm³/mol. The van der Waals surface area contributed by atoms with Crippen molar-refractivity contribution < 1.29 is 13.7 Å². The van der Waals surface area contributed by atoms with Gasteiger partial charge in [0.2, 0.25) is 0 Å². The van der Waals surface area contributed by atoms with Crippen molar-refractivity contribution in [2.75, 3.05) is 6.61 Å². The van der Waals surface area contributed by atoms with Gasteiger partial charge in [-0.2, -0.15) is 0 Å². The first-order valence-corrected chi connectivity index (χ1v) is 4.71. The molecule has 1 rings (SSSR count). The van der Waals surface area contributed by atoms with Crippen LogP contribution in [-0.2, 0) is 20.3 Å². The second kappa shape index (κ2) is 3.62. The van der Waals surface area contributed by atoms with Gasteiger partial charge in [0.1, 0.15) is 5.04 Å². The van der Waals surface area contributed by atoms with Gasteiger partial charge in [-0.05, 0) is 13.8 Å². The van der Waals surface area contributed by atoms with Crippen molar-refractivity contribution in [1.82, 2.24) is 0 Å². The van der Waals surface area contributed by atoms with Gasteiger partial charge in [-0.1, -0.05) is 0 Å². The van der Waals surface area contributed by atoms with Crippen LogP contribution in [0.2, 0.25) is 0 Å². The number of ether oxygens (including phenoxy) is 1. The quantitative estimate of drug-likeness (QED) is 0.594. The Morgan fingerprint density at radius 3 is 2.83 bits per heavy atom. The van der Waals surface area contributed by atoms with Gasteiger partial charge >= 0.3 is 5.97 Å². The van der Waals surface area contributed by atoms with Crippen LogP contribution in [0.15, 0.2) is 16.1 Å². The molecule has 0 aromatic rings. The molecule has 1 heterocycles. The monoisotopic (exact) mass is 187 g/mol. The largest absolute Gasteiger partial charge is 0.461 e. The maximum atomic E-state index is 11.0. The number of esters is 1. The molecular weight excluding hydrogens is 178 g/mol. The molecule has 1 aliphatic heterocycles. The summed E-state index contributed by atoms with van der Waals surface area (Å²) in [6, 6.07) is 0. The number of carbonyl (C=O) groups excluding carboxylic acids is 1. The Morgan fingerprint density at radius 1 is 1.75 bits per heavy atom. The Kier molecular flexibility index (Phi) is 2.75. The fraction of sp³-hybridized carbons (Fsp3) is 0.429. The van der Waals surface area contributed by atoms with Crippen molar-refractivity contribution in [3.8, 4) is 0 Å². The van der Waals surface area contributed by atoms with E-state index in [1.165, 1.54) is 5.41 Å². The Hall–Kier alpha value is -0.970. The van der Waals surface area contributed by atoms with E-state index in [0.29, 0.717) is 11.7 Å². The second-order valence-corrected chi connectivity index (χ2v) is 3.57. The van der Waals surface area contributed by atoms with Gasteiger partial charge in [-0.25, -0.2) is 14.0 Å². The Bertz CT molecular complexity index is 293. The molecule has 1 aliphatic rings. The van der Waals surface area contributed by atoms with Gasteiger partial charge in [-0.15, -0.1) is 0 Å². The molecule has 0 N–H and O–H groups in total. The predicted octanol–water partition coefficient (Wildman–Crippen LogP) is 0.572. The maximum Gasteiger partial charge on any atom is 0.357 e. The summed E-state index contributed by atoms with van der Waals surface area (Å²) in [6.45, 7) is 3.62. The number of rotatable bonds is 2. The molecule has 5 heteroatoms. The molecular formula is C7H9NO3S. The van der Waals surface area contributed by atoms with Gasteiger partial charge in [0.25, 0.3) is 0 Å². The van der Waals surface area contributed by atoms with Crippen molar-refractivity contribution in [3.05, 3.63) is 11.1 Å². The molecule has 0 bridgehead atoms. The van der Waals surface area contributed by atoms with Crippen LogP contribution in [0.5, 0.6) is 0 Å². The van der Waals surface area contributed by atoms with Crippen molar-refractivity contribution in [2.24, 2.45) is 4.99 Å². The molecule has 0 amide bonds. The highest BCUT2D eigenvalue weighted by Gasteiger charge is 2.18. The minimum atomic E-state index is -1.23. The Balaban J connectivity index is 2.73. The first-order chi connectivity index (χ1) is 5.65. The van der Waals surface area contributed by atoms with E-state index in [1.807, 2.05) is 0 Å². The Labute approximate surface area is 72.8 Å². The lowest BCUT2D eigenvalue weighted by molar-refractivity contribution is -0.138. The molecule has 1 atom stereocenters. The van der Waals surface area contributed by atoms with Crippen LogP contribution in [0.4, 0.5) is 0 Å².